The molecule has 1 aliphatic rings. The number of hydrogen-bond acceptors (Lipinski definition) is 1. The van der Waals surface area contributed by atoms with Crippen LogP contribution in [0, 0.1) is 5.92 Å². The van der Waals surface area contributed by atoms with Crippen molar-refractivity contribution >= 4 is 0 Å². The van der Waals surface area contributed by atoms with E-state index in [4.69, 9.17) is 5.73 Å². The predicted molar refractivity (Wildman–Crippen MR) is 39.8 cm³/mol. The maximum absolute atomic E-state index is 5.60. The maximum atomic E-state index is 5.60. The summed E-state index contributed by atoms with van der Waals surface area (Å²) in [6.07, 6.45) is 4.48. The van der Waals surface area contributed by atoms with E-state index in [1.54, 1.807) is 0 Å². The van der Waals surface area contributed by atoms with Gasteiger partial charge in [-0.05, 0) is 31.3 Å². The van der Waals surface area contributed by atoms with Gasteiger partial charge in [0.25, 0.3) is 0 Å². The van der Waals surface area contributed by atoms with E-state index >= 15 is 0 Å². The fraction of sp³-hybridized carbons (Fsp3) is 0.500. The molecule has 0 aromatic rings. The van der Waals surface area contributed by atoms with Gasteiger partial charge >= 0.3 is 0 Å². The van der Waals surface area contributed by atoms with E-state index in [0.717, 1.165) is 11.6 Å². The van der Waals surface area contributed by atoms with Crippen molar-refractivity contribution in [1.82, 2.24) is 0 Å². The zero-order chi connectivity index (χ0) is 6.85. The van der Waals surface area contributed by atoms with Gasteiger partial charge in [0.05, 0.1) is 0 Å². The molecule has 0 aromatic carbocycles. The Labute approximate surface area is 56.2 Å². The largest absolute Gasteiger partial charge is 0.402 e. The van der Waals surface area contributed by atoms with E-state index in [0.29, 0.717) is 0 Å². The molecule has 0 atom stereocenters. The van der Waals surface area contributed by atoms with Crippen LogP contribution in [0.15, 0.2) is 23.9 Å². The monoisotopic (exact) mass is 123 g/mol. The van der Waals surface area contributed by atoms with Crippen LogP contribution in [0.5, 0.6) is 0 Å². The molecule has 1 rings (SSSR count). The van der Waals surface area contributed by atoms with E-state index in [1.165, 1.54) is 18.4 Å². The molecule has 0 amide bonds. The summed E-state index contributed by atoms with van der Waals surface area (Å²) in [7, 11) is 0. The van der Waals surface area contributed by atoms with Crippen LogP contribution >= 0.6 is 0 Å². The zero-order valence-corrected chi connectivity index (χ0v) is 5.85. The fourth-order valence-corrected chi connectivity index (χ4v) is 1.04. The molecule has 1 saturated carbocycles. The summed E-state index contributed by atoms with van der Waals surface area (Å²) in [5.74, 6) is 0.743. The molecule has 1 nitrogen and oxygen atoms in total. The van der Waals surface area contributed by atoms with Crippen LogP contribution in [0.2, 0.25) is 0 Å². The number of allylic oxidation sites excluding steroid dienone is 3. The van der Waals surface area contributed by atoms with Crippen molar-refractivity contribution in [2.45, 2.75) is 19.8 Å². The van der Waals surface area contributed by atoms with Crippen LogP contribution in [0.25, 0.3) is 0 Å². The molecule has 50 valence electrons. The Morgan fingerprint density at radius 2 is 2.22 bits per heavy atom. The molecule has 1 aliphatic carbocycles. The van der Waals surface area contributed by atoms with Gasteiger partial charge in [0.2, 0.25) is 0 Å². The Morgan fingerprint density at radius 1 is 1.67 bits per heavy atom. The van der Waals surface area contributed by atoms with Crippen LogP contribution in [-0.2, 0) is 0 Å². The van der Waals surface area contributed by atoms with Gasteiger partial charge < -0.3 is 5.73 Å². The summed E-state index contributed by atoms with van der Waals surface area (Å²) in [6.45, 7) is 5.65. The lowest BCUT2D eigenvalue weighted by atomic mass is 10.1. The van der Waals surface area contributed by atoms with E-state index < -0.39 is 0 Å². The molecule has 1 heteroatoms. The van der Waals surface area contributed by atoms with Crippen molar-refractivity contribution in [3.05, 3.63) is 23.9 Å². The molecule has 0 saturated heterocycles. The molecular weight excluding hydrogens is 110 g/mol. The Morgan fingerprint density at radius 3 is 2.33 bits per heavy atom. The summed E-state index contributed by atoms with van der Waals surface area (Å²) < 4.78 is 0. The molecule has 0 heterocycles. The quantitative estimate of drug-likeness (QED) is 0.557. The zero-order valence-electron chi connectivity index (χ0n) is 5.85. The predicted octanol–water partition coefficient (Wildman–Crippen LogP) is 1.82. The molecule has 0 radical (unpaired) electrons. The third-order valence-corrected chi connectivity index (χ3v) is 1.69. The molecule has 0 unspecified atom stereocenters. The normalized spacial score (nSPS) is 21.0. The first-order chi connectivity index (χ1) is 4.25. The lowest BCUT2D eigenvalue weighted by Gasteiger charge is -1.99. The highest BCUT2D eigenvalue weighted by molar-refractivity contribution is 5.27. The molecule has 2 N–H and O–H groups in total. The average Bonchev–Trinajstić information content (AvgIpc) is 2.50. The van der Waals surface area contributed by atoms with E-state index in [2.05, 4.69) is 6.58 Å². The van der Waals surface area contributed by atoms with Gasteiger partial charge in [-0.1, -0.05) is 12.7 Å². The molecule has 0 bridgehead atoms. The van der Waals surface area contributed by atoms with E-state index in [9.17, 15) is 0 Å². The van der Waals surface area contributed by atoms with Crippen LogP contribution in [0.1, 0.15) is 19.8 Å². The number of hydrogen-bond donors (Lipinski definition) is 1. The minimum Gasteiger partial charge on any atom is -0.402 e. The van der Waals surface area contributed by atoms with Crippen molar-refractivity contribution < 1.29 is 0 Å². The van der Waals surface area contributed by atoms with Crippen molar-refractivity contribution in [2.24, 2.45) is 11.7 Å². The third-order valence-electron chi connectivity index (χ3n) is 1.69. The number of nitrogens with two attached hydrogens (primary N) is 1. The van der Waals surface area contributed by atoms with Crippen LogP contribution in [0.4, 0.5) is 0 Å². The standard InChI is InChI=1S/C8H13N/c1-3-8(6(2)9)7-4-5-7/h3,7H,1,4-5,9H2,2H3/b8-6-. The first-order valence-electron chi connectivity index (χ1n) is 3.34. The van der Waals surface area contributed by atoms with Gasteiger partial charge in [-0.15, -0.1) is 0 Å². The SMILES string of the molecule is C=C/C(=C(\C)N)C1CC1. The summed E-state index contributed by atoms with van der Waals surface area (Å²) >= 11 is 0. The Kier molecular flexibility index (Phi) is 1.60. The molecule has 1 fully saturated rings. The van der Waals surface area contributed by atoms with Crippen LogP contribution in [-0.4, -0.2) is 0 Å². The fourth-order valence-electron chi connectivity index (χ4n) is 1.04. The van der Waals surface area contributed by atoms with Crippen molar-refractivity contribution in [3.63, 3.8) is 0 Å². The summed E-state index contributed by atoms with van der Waals surface area (Å²) in [5.41, 5.74) is 7.79. The van der Waals surface area contributed by atoms with E-state index in [-0.39, 0.29) is 0 Å². The Bertz CT molecular complexity index is 148. The lowest BCUT2D eigenvalue weighted by molar-refractivity contribution is 1.01. The summed E-state index contributed by atoms with van der Waals surface area (Å²) in [6, 6.07) is 0. The highest BCUT2D eigenvalue weighted by Crippen LogP contribution is 2.37. The second kappa shape index (κ2) is 2.26. The minimum absolute atomic E-state index is 0.743. The first-order valence-corrected chi connectivity index (χ1v) is 3.34. The maximum Gasteiger partial charge on any atom is 0.00840 e. The average molecular weight is 123 g/mol. The van der Waals surface area contributed by atoms with Gasteiger partial charge in [0.1, 0.15) is 0 Å². The Balaban J connectivity index is 2.68. The van der Waals surface area contributed by atoms with Crippen molar-refractivity contribution in [2.75, 3.05) is 0 Å². The lowest BCUT2D eigenvalue weighted by Crippen LogP contribution is -1.97. The Hall–Kier alpha value is -0.720. The highest BCUT2D eigenvalue weighted by Gasteiger charge is 2.24. The van der Waals surface area contributed by atoms with Gasteiger partial charge in [0.15, 0.2) is 0 Å². The van der Waals surface area contributed by atoms with Gasteiger partial charge in [-0.3, -0.25) is 0 Å². The smallest absolute Gasteiger partial charge is 0.00840 e. The summed E-state index contributed by atoms with van der Waals surface area (Å²) in [5, 5.41) is 0. The second-order valence-corrected chi connectivity index (χ2v) is 2.62. The molecule has 0 aromatic heterocycles. The summed E-state index contributed by atoms with van der Waals surface area (Å²) in [4.78, 5) is 0. The minimum atomic E-state index is 0.743. The van der Waals surface area contributed by atoms with Gasteiger partial charge in [-0.25, -0.2) is 0 Å². The van der Waals surface area contributed by atoms with Crippen LogP contribution < -0.4 is 5.73 Å². The third kappa shape index (κ3) is 1.35. The van der Waals surface area contributed by atoms with Crippen molar-refractivity contribution in [3.8, 4) is 0 Å². The number of rotatable bonds is 2. The van der Waals surface area contributed by atoms with E-state index in [1.807, 2.05) is 13.0 Å². The molecule has 0 aliphatic heterocycles. The van der Waals surface area contributed by atoms with Crippen molar-refractivity contribution in [1.29, 1.82) is 0 Å². The topological polar surface area (TPSA) is 26.0 Å². The van der Waals surface area contributed by atoms with Gasteiger partial charge in [-0.2, -0.15) is 0 Å². The van der Waals surface area contributed by atoms with Crippen LogP contribution in [0.3, 0.4) is 0 Å². The first kappa shape index (κ1) is 6.40. The molecule has 0 spiro atoms. The van der Waals surface area contributed by atoms with Gasteiger partial charge in [0, 0.05) is 5.70 Å². The highest BCUT2D eigenvalue weighted by atomic mass is 14.6. The molecule has 9 heavy (non-hydrogen) atoms. The molecular formula is C8H13N. The second-order valence-electron chi connectivity index (χ2n) is 2.62.